The lowest BCUT2D eigenvalue weighted by Gasteiger charge is -2.26. The van der Waals surface area contributed by atoms with E-state index in [2.05, 4.69) is 14.6 Å². The fourth-order valence-corrected chi connectivity index (χ4v) is 3.48. The molecule has 0 bridgehead atoms. The average molecular weight is 359 g/mol. The number of ether oxygens (including phenoxy) is 1. The smallest absolute Gasteiger partial charge is 0.261 e. The van der Waals surface area contributed by atoms with Gasteiger partial charge < -0.3 is 9.30 Å². The van der Waals surface area contributed by atoms with Crippen LogP contribution in [0.15, 0.2) is 11.4 Å². The molecule has 0 unspecified atom stereocenters. The Balaban J connectivity index is 0.00000220. The number of halogens is 2. The molecule has 122 valence electrons. The number of imidazole rings is 1. The summed E-state index contributed by atoms with van der Waals surface area (Å²) in [6, 6.07) is 0. The first-order chi connectivity index (χ1) is 9.50. The molecule has 0 spiro atoms. The van der Waals surface area contributed by atoms with E-state index in [0.717, 1.165) is 39.3 Å². The molecule has 1 aromatic rings. The first-order valence-electron chi connectivity index (χ1n) is 6.47. The lowest BCUT2D eigenvalue weighted by molar-refractivity contribution is 0.0376. The topological polar surface area (TPSA) is 76.5 Å². The van der Waals surface area contributed by atoms with Gasteiger partial charge in [0.25, 0.3) is 10.0 Å². The second-order valence-electron chi connectivity index (χ2n) is 4.66. The Hall–Kier alpha value is -0.380. The van der Waals surface area contributed by atoms with Gasteiger partial charge in [-0.05, 0) is 13.0 Å². The summed E-state index contributed by atoms with van der Waals surface area (Å²) >= 11 is 5.89. The van der Waals surface area contributed by atoms with E-state index in [9.17, 15) is 8.42 Å². The van der Waals surface area contributed by atoms with Crippen LogP contribution in [0.1, 0.15) is 6.42 Å². The average Bonchev–Trinajstić information content (AvgIpc) is 2.77. The quantitative estimate of drug-likeness (QED) is 0.749. The van der Waals surface area contributed by atoms with Crippen molar-refractivity contribution in [3.63, 3.8) is 0 Å². The Morgan fingerprint density at radius 2 is 2.10 bits per heavy atom. The van der Waals surface area contributed by atoms with Gasteiger partial charge in [-0.2, -0.15) is 0 Å². The van der Waals surface area contributed by atoms with Gasteiger partial charge in [-0.1, -0.05) is 11.6 Å². The van der Waals surface area contributed by atoms with Gasteiger partial charge in [0, 0.05) is 26.7 Å². The van der Waals surface area contributed by atoms with Crippen LogP contribution < -0.4 is 4.72 Å². The van der Waals surface area contributed by atoms with Gasteiger partial charge >= 0.3 is 0 Å². The molecule has 10 heteroatoms. The summed E-state index contributed by atoms with van der Waals surface area (Å²) in [4.78, 5) is 6.06. The van der Waals surface area contributed by atoms with Gasteiger partial charge in [-0.25, -0.2) is 18.1 Å². The molecule has 1 aromatic heterocycles. The van der Waals surface area contributed by atoms with Crippen LogP contribution in [0.25, 0.3) is 0 Å². The Labute approximate surface area is 136 Å². The second-order valence-corrected chi connectivity index (χ2v) is 6.70. The van der Waals surface area contributed by atoms with Crippen LogP contribution in [0, 0.1) is 0 Å². The molecule has 0 aliphatic carbocycles. The predicted octanol–water partition coefficient (Wildman–Crippen LogP) is 0.496. The minimum Gasteiger partial charge on any atom is -0.379 e. The molecule has 1 N–H and O–H groups in total. The molecule has 21 heavy (non-hydrogen) atoms. The third kappa shape index (κ3) is 5.08. The van der Waals surface area contributed by atoms with Gasteiger partial charge in [-0.3, -0.25) is 4.90 Å². The van der Waals surface area contributed by atoms with Crippen molar-refractivity contribution in [1.29, 1.82) is 0 Å². The van der Waals surface area contributed by atoms with Crippen LogP contribution in [-0.4, -0.2) is 62.3 Å². The maximum absolute atomic E-state index is 12.0. The van der Waals surface area contributed by atoms with Gasteiger partial charge in [0.05, 0.1) is 19.5 Å². The molecular formula is C11H20Cl2N4O3S. The molecule has 0 radical (unpaired) electrons. The van der Waals surface area contributed by atoms with Crippen molar-refractivity contribution in [1.82, 2.24) is 19.2 Å². The molecule has 2 rings (SSSR count). The number of nitrogens with one attached hydrogen (secondary N) is 1. The Morgan fingerprint density at radius 1 is 1.43 bits per heavy atom. The zero-order valence-electron chi connectivity index (χ0n) is 11.8. The zero-order chi connectivity index (χ0) is 14.6. The number of aryl methyl sites for hydroxylation is 1. The molecule has 0 amide bonds. The molecule has 7 nitrogen and oxygen atoms in total. The highest BCUT2D eigenvalue weighted by Gasteiger charge is 2.21. The summed E-state index contributed by atoms with van der Waals surface area (Å²) in [6.07, 6.45) is 2.12. The maximum atomic E-state index is 12.0. The Morgan fingerprint density at radius 3 is 2.67 bits per heavy atom. The number of aromatic nitrogens is 2. The van der Waals surface area contributed by atoms with E-state index in [4.69, 9.17) is 16.3 Å². The zero-order valence-corrected chi connectivity index (χ0v) is 14.2. The molecule has 1 saturated heterocycles. The molecule has 0 aromatic carbocycles. The summed E-state index contributed by atoms with van der Waals surface area (Å²) < 4.78 is 33.3. The van der Waals surface area contributed by atoms with Crippen LogP contribution in [0.5, 0.6) is 0 Å². The van der Waals surface area contributed by atoms with Crippen LogP contribution in [-0.2, 0) is 21.8 Å². The highest BCUT2D eigenvalue weighted by atomic mass is 35.5. The van der Waals surface area contributed by atoms with Gasteiger partial charge in [-0.15, -0.1) is 12.4 Å². The number of hydrogen-bond acceptors (Lipinski definition) is 5. The predicted molar refractivity (Wildman–Crippen MR) is 82.5 cm³/mol. The molecule has 1 aliphatic rings. The van der Waals surface area contributed by atoms with Crippen LogP contribution >= 0.6 is 24.0 Å². The first-order valence-corrected chi connectivity index (χ1v) is 8.33. The van der Waals surface area contributed by atoms with E-state index in [1.165, 1.54) is 10.9 Å². The summed E-state index contributed by atoms with van der Waals surface area (Å²) in [7, 11) is -1.98. The monoisotopic (exact) mass is 358 g/mol. The fourth-order valence-electron chi connectivity index (χ4n) is 1.98. The van der Waals surface area contributed by atoms with E-state index < -0.39 is 10.0 Å². The minimum atomic E-state index is -3.63. The van der Waals surface area contributed by atoms with Gasteiger partial charge in [0.1, 0.15) is 5.15 Å². The largest absolute Gasteiger partial charge is 0.379 e. The van der Waals surface area contributed by atoms with E-state index >= 15 is 0 Å². The number of morpholine rings is 1. The van der Waals surface area contributed by atoms with Crippen molar-refractivity contribution in [2.45, 2.75) is 11.4 Å². The van der Waals surface area contributed by atoms with Crippen molar-refractivity contribution in [2.24, 2.45) is 7.05 Å². The van der Waals surface area contributed by atoms with E-state index in [-0.39, 0.29) is 22.6 Å². The van der Waals surface area contributed by atoms with Gasteiger partial charge in [0.2, 0.25) is 5.03 Å². The van der Waals surface area contributed by atoms with E-state index in [0.29, 0.717) is 6.54 Å². The number of rotatable bonds is 6. The van der Waals surface area contributed by atoms with Crippen LogP contribution in [0.3, 0.4) is 0 Å². The van der Waals surface area contributed by atoms with E-state index in [1.54, 1.807) is 7.05 Å². The summed E-state index contributed by atoms with van der Waals surface area (Å²) in [5.74, 6) is 0. The maximum Gasteiger partial charge on any atom is 0.261 e. The molecule has 0 saturated carbocycles. The summed E-state index contributed by atoms with van der Waals surface area (Å²) in [6.45, 7) is 4.51. The van der Waals surface area contributed by atoms with Crippen molar-refractivity contribution in [2.75, 3.05) is 39.4 Å². The highest BCUT2D eigenvalue weighted by molar-refractivity contribution is 7.89. The molecular weight excluding hydrogens is 339 g/mol. The second kappa shape index (κ2) is 8.30. The molecule has 2 heterocycles. The summed E-state index contributed by atoms with van der Waals surface area (Å²) in [5.41, 5.74) is 0. The van der Waals surface area contributed by atoms with Crippen molar-refractivity contribution >= 4 is 34.0 Å². The third-order valence-electron chi connectivity index (χ3n) is 3.14. The SMILES string of the molecule is Cl.Cn1cnc(S(=O)(=O)NCCCN2CCOCC2)c1Cl. The number of hydrogen-bond donors (Lipinski definition) is 1. The standard InChI is InChI=1S/C11H19ClN4O3S.ClH/c1-15-9-13-11(10(15)12)20(17,18)14-3-2-4-16-5-7-19-8-6-16;/h9,14H,2-8H2,1H3;1H. The minimum absolute atomic E-state index is 0. The highest BCUT2D eigenvalue weighted by Crippen LogP contribution is 2.17. The lowest BCUT2D eigenvalue weighted by Crippen LogP contribution is -2.38. The Kier molecular flexibility index (Phi) is 7.38. The molecule has 1 fully saturated rings. The molecule has 1 aliphatic heterocycles. The van der Waals surface area contributed by atoms with Crippen molar-refractivity contribution in [3.05, 3.63) is 11.5 Å². The number of sulfonamides is 1. The summed E-state index contributed by atoms with van der Waals surface area (Å²) in [5, 5.41) is -0.00119. The van der Waals surface area contributed by atoms with E-state index in [1.807, 2.05) is 0 Å². The fraction of sp³-hybridized carbons (Fsp3) is 0.727. The normalized spacial score (nSPS) is 16.7. The Bertz CT molecular complexity index is 544. The van der Waals surface area contributed by atoms with Crippen LogP contribution in [0.4, 0.5) is 0 Å². The number of nitrogens with zero attached hydrogens (tertiary/aromatic N) is 3. The van der Waals surface area contributed by atoms with Crippen LogP contribution in [0.2, 0.25) is 5.15 Å². The lowest BCUT2D eigenvalue weighted by atomic mass is 10.3. The first kappa shape index (κ1) is 18.7. The van der Waals surface area contributed by atoms with Crippen molar-refractivity contribution < 1.29 is 13.2 Å². The molecule has 0 atom stereocenters. The van der Waals surface area contributed by atoms with Crippen molar-refractivity contribution in [3.8, 4) is 0 Å². The third-order valence-corrected chi connectivity index (χ3v) is 5.09. The van der Waals surface area contributed by atoms with Gasteiger partial charge in [0.15, 0.2) is 0 Å².